The van der Waals surface area contributed by atoms with Gasteiger partial charge in [-0.25, -0.2) is 0 Å². The molecule has 1 aliphatic rings. The van der Waals surface area contributed by atoms with E-state index >= 15 is 0 Å². The van der Waals surface area contributed by atoms with Gasteiger partial charge in [0.15, 0.2) is 5.17 Å². The third-order valence-corrected chi connectivity index (χ3v) is 3.62. The van der Waals surface area contributed by atoms with Crippen molar-refractivity contribution < 1.29 is 4.79 Å². The lowest BCUT2D eigenvalue weighted by molar-refractivity contribution is 0.100. The molecule has 83 valence electrons. The molecule has 4 heteroatoms. The Labute approximate surface area is 99.3 Å². The Morgan fingerprint density at radius 1 is 1.50 bits per heavy atom. The molecule has 1 unspecified atom stereocenters. The Morgan fingerprint density at radius 2 is 2.25 bits per heavy atom. The second-order valence-electron chi connectivity index (χ2n) is 3.55. The monoisotopic (exact) mass is 233 g/mol. The molecule has 1 aromatic rings. The summed E-state index contributed by atoms with van der Waals surface area (Å²) in [5, 5.41) is 5.36. The summed E-state index contributed by atoms with van der Waals surface area (Å²) in [5.41, 5.74) is 0.616. The molecule has 0 aromatic heterocycles. The van der Waals surface area contributed by atoms with Crippen LogP contribution in [0.15, 0.2) is 35.3 Å². The van der Waals surface area contributed by atoms with E-state index in [-0.39, 0.29) is 5.91 Å². The third-order valence-electron chi connectivity index (χ3n) is 2.38. The highest BCUT2D eigenvalue weighted by atomic mass is 32.2. The van der Waals surface area contributed by atoms with E-state index in [1.807, 2.05) is 18.2 Å². The van der Waals surface area contributed by atoms with Crippen LogP contribution in [-0.2, 0) is 0 Å². The van der Waals surface area contributed by atoms with Crippen LogP contribution >= 0.6 is 11.8 Å². The number of amidine groups is 1. The molecule has 0 saturated carbocycles. The lowest BCUT2D eigenvalue weighted by Crippen LogP contribution is -2.09. The van der Waals surface area contributed by atoms with Gasteiger partial charge in [-0.05, 0) is 18.6 Å². The molecule has 1 aromatic carbocycles. The molecule has 0 N–H and O–H groups in total. The summed E-state index contributed by atoms with van der Waals surface area (Å²) in [7, 11) is 0. The Kier molecular flexibility index (Phi) is 3.62. The maximum Gasteiger partial charge on any atom is 0.279 e. The minimum absolute atomic E-state index is 0.205. The van der Waals surface area contributed by atoms with E-state index in [1.165, 1.54) is 0 Å². The first kappa shape index (κ1) is 11.2. The second-order valence-corrected chi connectivity index (χ2v) is 4.82. The molecule has 1 fully saturated rings. The summed E-state index contributed by atoms with van der Waals surface area (Å²) < 4.78 is 0. The van der Waals surface area contributed by atoms with Gasteiger partial charge in [-0.3, -0.25) is 10.1 Å². The van der Waals surface area contributed by atoms with E-state index in [0.717, 1.165) is 13.0 Å². The molecule has 0 bridgehead atoms. The minimum atomic E-state index is -0.205. The largest absolute Gasteiger partial charge is 0.279 e. The normalized spacial score (nSPS) is 22.1. The minimum Gasteiger partial charge on any atom is -0.267 e. The number of carbonyl (C=O) groups is 1. The molecule has 2 rings (SSSR count). The zero-order valence-corrected chi connectivity index (χ0v) is 9.91. The Hall–Kier alpha value is -1.29. The fourth-order valence-corrected chi connectivity index (χ4v) is 2.31. The van der Waals surface area contributed by atoms with E-state index in [4.69, 9.17) is 0 Å². The first-order valence-corrected chi connectivity index (χ1v) is 6.19. The molecule has 1 radical (unpaired) electrons. The molecule has 1 aliphatic heterocycles. The summed E-state index contributed by atoms with van der Waals surface area (Å²) in [4.78, 5) is 15.8. The van der Waals surface area contributed by atoms with Crippen LogP contribution in [0, 0.1) is 0 Å². The van der Waals surface area contributed by atoms with Crippen molar-refractivity contribution in [3.63, 3.8) is 0 Å². The number of hydrogen-bond donors (Lipinski definition) is 0. The number of nitrogens with zero attached hydrogens (tertiary/aromatic N) is 2. The van der Waals surface area contributed by atoms with Gasteiger partial charge in [0.25, 0.3) is 5.91 Å². The highest BCUT2D eigenvalue weighted by Crippen LogP contribution is 2.22. The first-order valence-electron chi connectivity index (χ1n) is 5.32. The molecule has 16 heavy (non-hydrogen) atoms. The number of aliphatic imine (C=N–C) groups is 1. The summed E-state index contributed by atoms with van der Waals surface area (Å²) >= 11 is 1.60. The maximum absolute atomic E-state index is 11.7. The Balaban J connectivity index is 2.05. The zero-order valence-electron chi connectivity index (χ0n) is 9.09. The molecular formula is C12H13N2OS. The molecule has 1 heterocycles. The zero-order chi connectivity index (χ0) is 11.4. The molecule has 1 atom stereocenters. The number of rotatable bonds is 2. The first-order chi connectivity index (χ1) is 7.79. The fourth-order valence-electron chi connectivity index (χ4n) is 1.41. The van der Waals surface area contributed by atoms with Gasteiger partial charge >= 0.3 is 0 Å². The highest BCUT2D eigenvalue weighted by Gasteiger charge is 2.21. The predicted octanol–water partition coefficient (Wildman–Crippen LogP) is 2.31. The van der Waals surface area contributed by atoms with Gasteiger partial charge < -0.3 is 0 Å². The van der Waals surface area contributed by atoms with Gasteiger partial charge in [0.1, 0.15) is 0 Å². The Bertz CT molecular complexity index is 403. The van der Waals surface area contributed by atoms with E-state index in [2.05, 4.69) is 17.2 Å². The van der Waals surface area contributed by atoms with Crippen LogP contribution in [0.2, 0.25) is 0 Å². The number of amides is 1. The van der Waals surface area contributed by atoms with Crippen LogP contribution in [-0.4, -0.2) is 22.9 Å². The SMILES string of the molecule is CCC1C[N]C(=NC(=O)c2ccccc2)S1. The maximum atomic E-state index is 11.7. The fraction of sp³-hybridized carbons (Fsp3) is 0.333. The van der Waals surface area contributed by atoms with E-state index in [9.17, 15) is 4.79 Å². The van der Waals surface area contributed by atoms with Crippen LogP contribution in [0.4, 0.5) is 0 Å². The van der Waals surface area contributed by atoms with Crippen molar-refractivity contribution in [1.82, 2.24) is 5.32 Å². The average molecular weight is 233 g/mol. The van der Waals surface area contributed by atoms with Gasteiger partial charge in [0.05, 0.1) is 6.54 Å². The Morgan fingerprint density at radius 3 is 2.88 bits per heavy atom. The summed E-state index contributed by atoms with van der Waals surface area (Å²) in [6.45, 7) is 2.90. The second kappa shape index (κ2) is 5.16. The van der Waals surface area contributed by atoms with Gasteiger partial charge in [-0.1, -0.05) is 36.9 Å². The lowest BCUT2D eigenvalue weighted by atomic mass is 10.2. The third kappa shape index (κ3) is 2.64. The van der Waals surface area contributed by atoms with Crippen LogP contribution in [0.1, 0.15) is 23.7 Å². The van der Waals surface area contributed by atoms with Crippen LogP contribution in [0.3, 0.4) is 0 Å². The summed E-state index contributed by atoms with van der Waals surface area (Å²) in [5.74, 6) is -0.205. The molecule has 0 spiro atoms. The van der Waals surface area contributed by atoms with Crippen molar-refractivity contribution in [1.29, 1.82) is 0 Å². The lowest BCUT2D eigenvalue weighted by Gasteiger charge is -1.97. The van der Waals surface area contributed by atoms with Crippen molar-refractivity contribution in [3.8, 4) is 0 Å². The summed E-state index contributed by atoms with van der Waals surface area (Å²) in [6, 6.07) is 9.08. The summed E-state index contributed by atoms with van der Waals surface area (Å²) in [6.07, 6.45) is 1.06. The average Bonchev–Trinajstić information content (AvgIpc) is 2.78. The number of thioether (sulfide) groups is 1. The van der Waals surface area contributed by atoms with Crippen LogP contribution in [0.5, 0.6) is 0 Å². The smallest absolute Gasteiger partial charge is 0.267 e. The quantitative estimate of drug-likeness (QED) is 0.786. The van der Waals surface area contributed by atoms with E-state index in [0.29, 0.717) is 16.0 Å². The van der Waals surface area contributed by atoms with E-state index in [1.54, 1.807) is 23.9 Å². The van der Waals surface area contributed by atoms with Crippen LogP contribution in [0.25, 0.3) is 0 Å². The number of benzene rings is 1. The highest BCUT2D eigenvalue weighted by molar-refractivity contribution is 8.14. The van der Waals surface area contributed by atoms with Gasteiger partial charge in [0.2, 0.25) is 0 Å². The predicted molar refractivity (Wildman–Crippen MR) is 66.9 cm³/mol. The molecule has 3 nitrogen and oxygen atoms in total. The van der Waals surface area contributed by atoms with Gasteiger partial charge in [-0.15, -0.1) is 0 Å². The van der Waals surface area contributed by atoms with E-state index < -0.39 is 0 Å². The van der Waals surface area contributed by atoms with Crippen molar-refractivity contribution in [3.05, 3.63) is 35.9 Å². The van der Waals surface area contributed by atoms with Crippen molar-refractivity contribution in [2.45, 2.75) is 18.6 Å². The topological polar surface area (TPSA) is 43.5 Å². The number of hydrogen-bond acceptors (Lipinski definition) is 2. The molecular weight excluding hydrogens is 220 g/mol. The van der Waals surface area contributed by atoms with Crippen molar-refractivity contribution in [2.75, 3.05) is 6.54 Å². The standard InChI is InChI=1S/C12H13N2OS/c1-2-10-8-13-12(16-10)14-11(15)9-6-4-3-5-7-9/h3-7,10H,2,8H2,1H3. The van der Waals surface area contributed by atoms with Crippen LogP contribution < -0.4 is 5.32 Å². The van der Waals surface area contributed by atoms with Crippen molar-refractivity contribution in [2.24, 2.45) is 4.99 Å². The van der Waals surface area contributed by atoms with Gasteiger partial charge in [0, 0.05) is 10.8 Å². The molecule has 1 amide bonds. The molecule has 0 aliphatic carbocycles. The van der Waals surface area contributed by atoms with Crippen molar-refractivity contribution >= 4 is 22.8 Å². The van der Waals surface area contributed by atoms with Gasteiger partial charge in [-0.2, -0.15) is 4.99 Å². The number of carbonyl (C=O) groups excluding carboxylic acids is 1. The molecule has 1 saturated heterocycles.